The molecule has 0 aliphatic heterocycles. The van der Waals surface area contributed by atoms with Crippen molar-refractivity contribution in [2.45, 2.75) is 38.5 Å². The van der Waals surface area contributed by atoms with Gasteiger partial charge in [-0.25, -0.2) is 4.79 Å². The van der Waals surface area contributed by atoms with E-state index in [1.165, 1.54) is 0 Å². The summed E-state index contributed by atoms with van der Waals surface area (Å²) in [4.78, 5) is 35.3. The van der Waals surface area contributed by atoms with Gasteiger partial charge < -0.3 is 4.74 Å². The predicted octanol–water partition coefficient (Wildman–Crippen LogP) is 3.91. The molecule has 1 aromatic rings. The molecule has 2 rings (SSSR count). The predicted molar refractivity (Wildman–Crippen MR) is 92.9 cm³/mol. The Morgan fingerprint density at radius 2 is 2.08 bits per heavy atom. The second-order valence-electron chi connectivity index (χ2n) is 5.93. The number of carbonyl (C=O) groups is 2. The Bertz CT molecular complexity index is 683. The van der Waals surface area contributed by atoms with Crippen molar-refractivity contribution in [3.63, 3.8) is 0 Å². The zero-order valence-corrected chi connectivity index (χ0v) is 14.7. The van der Waals surface area contributed by atoms with Gasteiger partial charge in [-0.2, -0.15) is 0 Å². The summed E-state index contributed by atoms with van der Waals surface area (Å²) in [5.74, 6) is -2.12. The van der Waals surface area contributed by atoms with E-state index in [-0.39, 0.29) is 18.1 Å². The van der Waals surface area contributed by atoms with Gasteiger partial charge in [0.1, 0.15) is 5.78 Å². The summed E-state index contributed by atoms with van der Waals surface area (Å²) in [6, 6.07) is 6.58. The van der Waals surface area contributed by atoms with Crippen LogP contribution in [-0.2, 0) is 14.3 Å². The summed E-state index contributed by atoms with van der Waals surface area (Å²) in [6.45, 7) is 1.74. The number of nitro groups is 1. The number of benzene rings is 1. The van der Waals surface area contributed by atoms with E-state index in [0.717, 1.165) is 18.9 Å². The molecule has 134 valence electrons. The number of ketones is 1. The topological polar surface area (TPSA) is 86.5 Å². The minimum absolute atomic E-state index is 0.0113. The molecule has 1 aliphatic rings. The van der Waals surface area contributed by atoms with Crippen LogP contribution in [0.25, 0.3) is 0 Å². The van der Waals surface area contributed by atoms with Crippen molar-refractivity contribution in [3.05, 3.63) is 56.7 Å². The molecule has 1 aliphatic carbocycles. The van der Waals surface area contributed by atoms with Crippen LogP contribution in [0.5, 0.6) is 0 Å². The minimum Gasteiger partial charge on any atom is -0.463 e. The van der Waals surface area contributed by atoms with Crippen molar-refractivity contribution in [2.24, 2.45) is 5.92 Å². The Kier molecular flexibility index (Phi) is 6.70. The highest BCUT2D eigenvalue weighted by molar-refractivity contribution is 6.30. The van der Waals surface area contributed by atoms with Crippen LogP contribution in [0.1, 0.15) is 44.1 Å². The largest absolute Gasteiger partial charge is 0.463 e. The average Bonchev–Trinajstić information content (AvgIpc) is 2.57. The lowest BCUT2D eigenvalue weighted by Gasteiger charge is -2.27. The summed E-state index contributed by atoms with van der Waals surface area (Å²) in [5, 5.41) is 12.2. The molecular formula is C18H20ClNO5. The van der Waals surface area contributed by atoms with Crippen LogP contribution < -0.4 is 0 Å². The second-order valence-corrected chi connectivity index (χ2v) is 6.36. The maximum atomic E-state index is 12.4. The summed E-state index contributed by atoms with van der Waals surface area (Å²) in [6.07, 6.45) is 3.47. The van der Waals surface area contributed by atoms with E-state index >= 15 is 0 Å². The fourth-order valence-corrected chi connectivity index (χ4v) is 3.33. The van der Waals surface area contributed by atoms with E-state index in [1.54, 1.807) is 31.2 Å². The number of hydrogen-bond acceptors (Lipinski definition) is 5. The molecular weight excluding hydrogens is 346 g/mol. The number of Topliss-reactive ketones (excluding diaryl/α,β-unsaturated/α-hetero) is 1. The van der Waals surface area contributed by atoms with Gasteiger partial charge in [0.2, 0.25) is 0 Å². The molecule has 2 atom stereocenters. The Labute approximate surface area is 151 Å². The quantitative estimate of drug-likeness (QED) is 0.330. The highest BCUT2D eigenvalue weighted by Crippen LogP contribution is 2.39. The third kappa shape index (κ3) is 4.89. The third-order valence-electron chi connectivity index (χ3n) is 4.32. The van der Waals surface area contributed by atoms with Crippen LogP contribution in [0, 0.1) is 16.0 Å². The van der Waals surface area contributed by atoms with Crippen molar-refractivity contribution < 1.29 is 19.2 Å². The molecule has 0 radical (unpaired) electrons. The van der Waals surface area contributed by atoms with Crippen LogP contribution in [0.2, 0.25) is 5.02 Å². The lowest BCUT2D eigenvalue weighted by atomic mass is 9.74. The first-order valence-corrected chi connectivity index (χ1v) is 8.62. The van der Waals surface area contributed by atoms with Gasteiger partial charge in [-0.3, -0.25) is 14.9 Å². The highest BCUT2D eigenvalue weighted by atomic mass is 35.5. The SMILES string of the molecule is CCOC(=O)/C=C(/[C@@H](c1ccc(Cl)cc1)[C@@H]1CCCCC1=O)[N+](=O)[O-]. The van der Waals surface area contributed by atoms with Crippen LogP contribution in [0.15, 0.2) is 36.0 Å². The van der Waals surface area contributed by atoms with Crippen molar-refractivity contribution in [3.8, 4) is 0 Å². The van der Waals surface area contributed by atoms with Crippen LogP contribution in [0.3, 0.4) is 0 Å². The molecule has 1 fully saturated rings. The zero-order chi connectivity index (χ0) is 18.4. The molecule has 1 aromatic carbocycles. The van der Waals surface area contributed by atoms with Crippen molar-refractivity contribution in [1.82, 2.24) is 0 Å². The number of carbonyl (C=O) groups excluding carboxylic acids is 2. The molecule has 0 amide bonds. The van der Waals surface area contributed by atoms with Crippen molar-refractivity contribution in [2.75, 3.05) is 6.61 Å². The first kappa shape index (κ1) is 19.1. The number of hydrogen-bond donors (Lipinski definition) is 0. The third-order valence-corrected chi connectivity index (χ3v) is 4.57. The van der Waals surface area contributed by atoms with Crippen molar-refractivity contribution >= 4 is 23.4 Å². The van der Waals surface area contributed by atoms with Gasteiger partial charge >= 0.3 is 5.97 Å². The van der Waals surface area contributed by atoms with Gasteiger partial charge in [0.05, 0.1) is 23.5 Å². The lowest BCUT2D eigenvalue weighted by molar-refractivity contribution is -0.431. The van der Waals surface area contributed by atoms with E-state index in [1.807, 2.05) is 0 Å². The minimum atomic E-state index is -0.801. The van der Waals surface area contributed by atoms with E-state index in [4.69, 9.17) is 16.3 Å². The molecule has 0 saturated heterocycles. The number of allylic oxidation sites excluding steroid dienone is 1. The molecule has 1 saturated carbocycles. The molecule has 0 unspecified atom stereocenters. The van der Waals surface area contributed by atoms with E-state index in [2.05, 4.69) is 0 Å². The van der Waals surface area contributed by atoms with Gasteiger partial charge in [0.15, 0.2) is 0 Å². The summed E-state index contributed by atoms with van der Waals surface area (Å²) >= 11 is 5.91. The van der Waals surface area contributed by atoms with Gasteiger partial charge in [-0.1, -0.05) is 30.2 Å². The van der Waals surface area contributed by atoms with Crippen molar-refractivity contribution in [1.29, 1.82) is 0 Å². The highest BCUT2D eigenvalue weighted by Gasteiger charge is 2.39. The fraction of sp³-hybridized carbons (Fsp3) is 0.444. The molecule has 25 heavy (non-hydrogen) atoms. The Hall–Kier alpha value is -2.21. The van der Waals surface area contributed by atoms with Crippen LogP contribution in [0.4, 0.5) is 0 Å². The molecule has 7 heteroatoms. The normalized spacial score (nSPS) is 19.4. The number of nitrogens with zero attached hydrogens (tertiary/aromatic N) is 1. The molecule has 0 N–H and O–H groups in total. The summed E-state index contributed by atoms with van der Waals surface area (Å²) in [5.41, 5.74) is 0.276. The summed E-state index contributed by atoms with van der Waals surface area (Å²) in [7, 11) is 0. The van der Waals surface area contributed by atoms with Gasteiger partial charge in [0, 0.05) is 17.4 Å². The van der Waals surface area contributed by atoms with Crippen LogP contribution in [-0.4, -0.2) is 23.3 Å². The van der Waals surface area contributed by atoms with E-state index in [9.17, 15) is 19.7 Å². The average molecular weight is 366 g/mol. The molecule has 6 nitrogen and oxygen atoms in total. The van der Waals surface area contributed by atoms with Gasteiger partial charge in [-0.15, -0.1) is 0 Å². The zero-order valence-electron chi connectivity index (χ0n) is 13.9. The second kappa shape index (κ2) is 8.76. The molecule has 0 bridgehead atoms. The maximum absolute atomic E-state index is 12.4. The molecule has 0 heterocycles. The summed E-state index contributed by atoms with van der Waals surface area (Å²) < 4.78 is 4.82. The number of halogens is 1. The number of esters is 1. The smallest absolute Gasteiger partial charge is 0.337 e. The maximum Gasteiger partial charge on any atom is 0.337 e. The Balaban J connectivity index is 2.51. The number of ether oxygens (including phenoxy) is 1. The first-order chi connectivity index (χ1) is 11.9. The van der Waals surface area contributed by atoms with Gasteiger partial charge in [0.25, 0.3) is 5.70 Å². The Morgan fingerprint density at radius 3 is 2.64 bits per heavy atom. The van der Waals surface area contributed by atoms with E-state index in [0.29, 0.717) is 23.4 Å². The van der Waals surface area contributed by atoms with E-state index < -0.39 is 22.7 Å². The standard InChI is InChI=1S/C18H20ClNO5/c1-2-25-17(22)11-15(20(23)24)18(12-7-9-13(19)10-8-12)14-5-3-4-6-16(14)21/h7-11,14,18H,2-6H2,1H3/b15-11-/t14-,18+/m1/s1. The monoisotopic (exact) mass is 365 g/mol. The molecule has 0 aromatic heterocycles. The Morgan fingerprint density at radius 1 is 1.40 bits per heavy atom. The number of rotatable bonds is 6. The molecule has 0 spiro atoms. The first-order valence-electron chi connectivity index (χ1n) is 8.25. The lowest BCUT2D eigenvalue weighted by Crippen LogP contribution is -2.29. The fourth-order valence-electron chi connectivity index (χ4n) is 3.20. The van der Waals surface area contributed by atoms with Gasteiger partial charge in [-0.05, 0) is 37.5 Å². The van der Waals surface area contributed by atoms with Crippen LogP contribution >= 0.6 is 11.6 Å².